The first-order valence-corrected chi connectivity index (χ1v) is 8.53. The number of benzene rings is 1. The second-order valence-corrected chi connectivity index (χ2v) is 7.40. The Morgan fingerprint density at radius 2 is 2.26 bits per heavy atom. The van der Waals surface area contributed by atoms with Gasteiger partial charge in [0.2, 0.25) is 0 Å². The van der Waals surface area contributed by atoms with E-state index >= 15 is 0 Å². The SMILES string of the molecule is C=C[C@H](O)[C@@H]1Oc2c(O)ccc3c2[C@@]12CCCN(C)[C@H](C3)[C@@H]2C. The van der Waals surface area contributed by atoms with Gasteiger partial charge >= 0.3 is 0 Å². The molecule has 1 aliphatic carbocycles. The number of likely N-dealkylation sites (tertiary alicyclic amines) is 1. The highest BCUT2D eigenvalue weighted by atomic mass is 16.5. The second-order valence-electron chi connectivity index (χ2n) is 7.40. The Morgan fingerprint density at radius 3 is 3.00 bits per heavy atom. The van der Waals surface area contributed by atoms with E-state index in [9.17, 15) is 10.2 Å². The summed E-state index contributed by atoms with van der Waals surface area (Å²) < 4.78 is 6.16. The van der Waals surface area contributed by atoms with Gasteiger partial charge in [-0.1, -0.05) is 19.1 Å². The maximum atomic E-state index is 10.6. The Hall–Kier alpha value is -1.52. The van der Waals surface area contributed by atoms with Gasteiger partial charge in [0.15, 0.2) is 11.5 Å². The van der Waals surface area contributed by atoms with Crippen LogP contribution in [0.5, 0.6) is 11.5 Å². The van der Waals surface area contributed by atoms with Gasteiger partial charge in [-0.15, -0.1) is 6.58 Å². The van der Waals surface area contributed by atoms with Gasteiger partial charge in [-0.3, -0.25) is 0 Å². The van der Waals surface area contributed by atoms with Crippen LogP contribution in [0.2, 0.25) is 0 Å². The molecule has 2 heterocycles. The van der Waals surface area contributed by atoms with Crippen molar-refractivity contribution in [3.05, 3.63) is 35.9 Å². The van der Waals surface area contributed by atoms with Crippen molar-refractivity contribution in [2.45, 2.75) is 49.9 Å². The van der Waals surface area contributed by atoms with Crippen molar-refractivity contribution in [2.75, 3.05) is 13.6 Å². The Morgan fingerprint density at radius 1 is 1.48 bits per heavy atom. The molecule has 124 valence electrons. The molecule has 3 aliphatic rings. The number of aromatic hydroxyl groups is 1. The summed E-state index contributed by atoms with van der Waals surface area (Å²) in [5.74, 6) is 1.12. The minimum Gasteiger partial charge on any atom is -0.504 e. The third-order valence-electron chi connectivity index (χ3n) is 6.48. The van der Waals surface area contributed by atoms with Crippen molar-refractivity contribution in [1.82, 2.24) is 4.90 Å². The van der Waals surface area contributed by atoms with Crippen LogP contribution in [0.25, 0.3) is 0 Å². The molecular weight excluding hydrogens is 290 g/mol. The van der Waals surface area contributed by atoms with Crippen LogP contribution < -0.4 is 4.74 Å². The van der Waals surface area contributed by atoms with Crippen LogP contribution in [-0.4, -0.2) is 47.0 Å². The third kappa shape index (κ3) is 1.79. The average Bonchev–Trinajstić information content (AvgIpc) is 2.87. The van der Waals surface area contributed by atoms with Crippen LogP contribution in [0, 0.1) is 5.92 Å². The summed E-state index contributed by atoms with van der Waals surface area (Å²) in [5, 5.41) is 20.9. The fourth-order valence-corrected chi connectivity index (χ4v) is 5.34. The van der Waals surface area contributed by atoms with Gasteiger partial charge in [0.1, 0.15) is 12.2 Å². The van der Waals surface area contributed by atoms with E-state index in [-0.39, 0.29) is 17.3 Å². The number of ether oxygens (including phenoxy) is 1. The lowest BCUT2D eigenvalue weighted by atomic mass is 9.58. The molecule has 23 heavy (non-hydrogen) atoms. The third-order valence-corrected chi connectivity index (χ3v) is 6.48. The molecule has 0 radical (unpaired) electrons. The zero-order chi connectivity index (χ0) is 16.4. The van der Waals surface area contributed by atoms with Crippen molar-refractivity contribution in [3.63, 3.8) is 0 Å². The minimum atomic E-state index is -0.737. The molecule has 1 aromatic rings. The van der Waals surface area contributed by atoms with Crippen LogP contribution in [-0.2, 0) is 11.8 Å². The van der Waals surface area contributed by atoms with Gasteiger partial charge in [-0.25, -0.2) is 0 Å². The smallest absolute Gasteiger partial charge is 0.165 e. The van der Waals surface area contributed by atoms with Gasteiger partial charge < -0.3 is 19.8 Å². The van der Waals surface area contributed by atoms with Crippen LogP contribution >= 0.6 is 0 Å². The molecule has 1 saturated heterocycles. The minimum absolute atomic E-state index is 0.185. The standard InChI is InChI=1S/C19H25NO3/c1-4-14(21)18-19-8-5-9-20(3)13(11(19)2)10-12-6-7-15(22)17(23-18)16(12)19/h4,6-7,11,13-14,18,21-22H,1,5,8-10H2,2-3H3/t11-,13+,14-,18-,19-/m0/s1. The van der Waals surface area contributed by atoms with Crippen LogP contribution in [0.4, 0.5) is 0 Å². The molecule has 0 saturated carbocycles. The molecule has 1 spiro atoms. The number of aliphatic hydroxyl groups excluding tert-OH is 1. The number of likely N-dealkylation sites (N-methyl/N-ethyl adjacent to an activating group) is 1. The number of hydrogen-bond donors (Lipinski definition) is 2. The largest absolute Gasteiger partial charge is 0.504 e. The molecule has 1 fully saturated rings. The quantitative estimate of drug-likeness (QED) is 0.822. The number of phenolic OH excluding ortho intramolecular Hbond substituents is 1. The average molecular weight is 315 g/mol. The number of phenols is 1. The van der Waals surface area contributed by atoms with Crippen LogP contribution in [0.1, 0.15) is 30.9 Å². The summed E-state index contributed by atoms with van der Waals surface area (Å²) >= 11 is 0. The lowest BCUT2D eigenvalue weighted by Gasteiger charge is -2.48. The zero-order valence-electron chi connectivity index (χ0n) is 13.8. The maximum Gasteiger partial charge on any atom is 0.165 e. The first kappa shape index (κ1) is 15.0. The Balaban J connectivity index is 1.98. The van der Waals surface area contributed by atoms with Crippen molar-refractivity contribution >= 4 is 0 Å². The van der Waals surface area contributed by atoms with Gasteiger partial charge in [-0.2, -0.15) is 0 Å². The number of fused-ring (bicyclic) bond motifs is 1. The van der Waals surface area contributed by atoms with E-state index in [2.05, 4.69) is 25.5 Å². The molecule has 0 amide bonds. The fourth-order valence-electron chi connectivity index (χ4n) is 5.34. The van der Waals surface area contributed by atoms with Gasteiger partial charge in [0, 0.05) is 17.0 Å². The summed E-state index contributed by atoms with van der Waals surface area (Å²) in [6, 6.07) is 4.20. The Bertz CT molecular complexity index is 658. The zero-order valence-corrected chi connectivity index (χ0v) is 13.8. The van der Waals surface area contributed by atoms with E-state index in [4.69, 9.17) is 4.74 Å². The fraction of sp³-hybridized carbons (Fsp3) is 0.579. The van der Waals surface area contributed by atoms with Crippen molar-refractivity contribution in [3.8, 4) is 11.5 Å². The number of aliphatic hydroxyl groups is 1. The van der Waals surface area contributed by atoms with E-state index < -0.39 is 6.10 Å². The summed E-state index contributed by atoms with van der Waals surface area (Å²) in [6.45, 7) is 7.10. The summed E-state index contributed by atoms with van der Waals surface area (Å²) in [7, 11) is 2.20. The van der Waals surface area contributed by atoms with E-state index in [1.807, 2.05) is 6.07 Å². The first-order valence-electron chi connectivity index (χ1n) is 8.53. The number of nitrogens with zero attached hydrogens (tertiary/aromatic N) is 1. The van der Waals surface area contributed by atoms with E-state index in [1.165, 1.54) is 5.56 Å². The van der Waals surface area contributed by atoms with Crippen molar-refractivity contribution in [1.29, 1.82) is 0 Å². The highest BCUT2D eigenvalue weighted by molar-refractivity contribution is 5.60. The first-order chi connectivity index (χ1) is 11.0. The molecule has 1 aromatic carbocycles. The topological polar surface area (TPSA) is 52.9 Å². The van der Waals surface area contributed by atoms with Crippen LogP contribution in [0.15, 0.2) is 24.8 Å². The lowest BCUT2D eigenvalue weighted by molar-refractivity contribution is -0.00563. The highest BCUT2D eigenvalue weighted by Gasteiger charge is 2.60. The number of rotatable bonds is 2. The molecule has 2 bridgehead atoms. The summed E-state index contributed by atoms with van der Waals surface area (Å²) in [4.78, 5) is 2.45. The second kappa shape index (κ2) is 4.99. The molecule has 0 unspecified atom stereocenters. The van der Waals surface area contributed by atoms with Crippen molar-refractivity contribution < 1.29 is 14.9 Å². The molecule has 2 N–H and O–H groups in total. The van der Waals surface area contributed by atoms with E-state index in [1.54, 1.807) is 12.1 Å². The molecular formula is C19H25NO3. The predicted molar refractivity (Wildman–Crippen MR) is 88.9 cm³/mol. The molecule has 4 heteroatoms. The van der Waals surface area contributed by atoms with E-state index in [0.29, 0.717) is 17.7 Å². The highest BCUT2D eigenvalue weighted by Crippen LogP contribution is 2.60. The molecule has 5 atom stereocenters. The van der Waals surface area contributed by atoms with Gasteiger partial charge in [0.25, 0.3) is 0 Å². The van der Waals surface area contributed by atoms with Gasteiger partial charge in [0.05, 0.1) is 0 Å². The monoisotopic (exact) mass is 315 g/mol. The van der Waals surface area contributed by atoms with E-state index in [0.717, 1.165) is 31.4 Å². The Labute approximate surface area is 137 Å². The maximum absolute atomic E-state index is 10.6. The summed E-state index contributed by atoms with van der Waals surface area (Å²) in [5.41, 5.74) is 2.15. The number of hydrogen-bond acceptors (Lipinski definition) is 4. The predicted octanol–water partition coefficient (Wildman–Crippen LogP) is 2.22. The summed E-state index contributed by atoms with van der Waals surface area (Å²) in [6.07, 6.45) is 3.46. The molecule has 2 aliphatic heterocycles. The van der Waals surface area contributed by atoms with Gasteiger partial charge in [-0.05, 0) is 50.4 Å². The van der Waals surface area contributed by atoms with Crippen molar-refractivity contribution in [2.24, 2.45) is 5.92 Å². The lowest BCUT2D eigenvalue weighted by Crippen LogP contribution is -2.56. The molecule has 4 rings (SSSR count). The molecule has 0 aromatic heterocycles. The normalized spacial score (nSPS) is 36.7. The Kier molecular flexibility index (Phi) is 3.26. The van der Waals surface area contributed by atoms with Crippen LogP contribution in [0.3, 0.4) is 0 Å². The molecule has 4 nitrogen and oxygen atoms in total.